The Labute approximate surface area is 182 Å². The molecule has 3 rings (SSSR count). The molecule has 0 aromatic carbocycles. The summed E-state index contributed by atoms with van der Waals surface area (Å²) in [5, 5.41) is 3.38. The molecule has 1 saturated carbocycles. The minimum Gasteiger partial charge on any atom is -0.403 e. The van der Waals surface area contributed by atoms with Gasteiger partial charge < -0.3 is 20.9 Å². The Bertz CT molecular complexity index is 771. The number of amidine groups is 1. The summed E-state index contributed by atoms with van der Waals surface area (Å²) in [7, 11) is 0. The summed E-state index contributed by atoms with van der Waals surface area (Å²) in [5.41, 5.74) is 10.1. The van der Waals surface area contributed by atoms with Crippen LogP contribution in [0.2, 0.25) is 0 Å². The fraction of sp³-hybridized carbons (Fsp3) is 0.480. The van der Waals surface area contributed by atoms with Crippen LogP contribution in [0.3, 0.4) is 0 Å². The maximum Gasteiger partial charge on any atom is 0.140 e. The summed E-state index contributed by atoms with van der Waals surface area (Å²) in [4.78, 5) is 9.52. The van der Waals surface area contributed by atoms with Gasteiger partial charge in [-0.15, -0.1) is 0 Å². The van der Waals surface area contributed by atoms with Gasteiger partial charge in [-0.25, -0.2) is 4.99 Å². The van der Waals surface area contributed by atoms with Crippen LogP contribution in [0.25, 0.3) is 0 Å². The van der Waals surface area contributed by atoms with E-state index in [2.05, 4.69) is 52.6 Å². The van der Waals surface area contributed by atoms with Crippen molar-refractivity contribution >= 4 is 5.84 Å². The summed E-state index contributed by atoms with van der Waals surface area (Å²) in [6.07, 6.45) is 19.5. The predicted octanol–water partition coefficient (Wildman–Crippen LogP) is 4.21. The fourth-order valence-electron chi connectivity index (χ4n) is 4.44. The van der Waals surface area contributed by atoms with Crippen molar-refractivity contribution in [2.45, 2.75) is 51.5 Å². The molecule has 0 aromatic heterocycles. The monoisotopic (exact) mass is 407 g/mol. The topological polar surface area (TPSA) is 56.9 Å². The maximum absolute atomic E-state index is 5.85. The van der Waals surface area contributed by atoms with Crippen LogP contribution in [0.5, 0.6) is 0 Å². The van der Waals surface area contributed by atoms with E-state index in [4.69, 9.17) is 10.7 Å². The standard InChI is InChI=1S/C25H37N5/c1-4-22-18-21(25(28-20(2)3)30(22)23-11-8-9-12-23)10-6-5-7-13-24(19-26)29-16-14-27-15-17-29/h4,7,10,13,18-19,23,27H,1-2,5-6,8-9,11-12,14-17,26H2,3H3/b13-7-,21-10-,24-19+,28-25?. The number of nitrogens with two attached hydrogens (primary N) is 1. The van der Waals surface area contributed by atoms with Gasteiger partial charge in [0, 0.05) is 55.4 Å². The van der Waals surface area contributed by atoms with Gasteiger partial charge in [0.05, 0.1) is 5.70 Å². The molecule has 162 valence electrons. The van der Waals surface area contributed by atoms with Crippen LogP contribution in [0.15, 0.2) is 77.4 Å². The minimum absolute atomic E-state index is 0.523. The van der Waals surface area contributed by atoms with E-state index in [9.17, 15) is 0 Å². The van der Waals surface area contributed by atoms with Crippen LogP contribution >= 0.6 is 0 Å². The van der Waals surface area contributed by atoms with Gasteiger partial charge in [-0.1, -0.05) is 38.2 Å². The quantitative estimate of drug-likeness (QED) is 0.467. The van der Waals surface area contributed by atoms with Gasteiger partial charge in [0.2, 0.25) is 0 Å². The number of piperazine rings is 1. The van der Waals surface area contributed by atoms with Crippen LogP contribution in [0, 0.1) is 0 Å². The van der Waals surface area contributed by atoms with Gasteiger partial charge >= 0.3 is 0 Å². The minimum atomic E-state index is 0.523. The molecule has 5 nitrogen and oxygen atoms in total. The number of aliphatic imine (C=N–C) groups is 1. The largest absolute Gasteiger partial charge is 0.403 e. The van der Waals surface area contributed by atoms with E-state index in [1.54, 1.807) is 6.20 Å². The number of allylic oxidation sites excluding steroid dienone is 5. The van der Waals surface area contributed by atoms with E-state index >= 15 is 0 Å². The van der Waals surface area contributed by atoms with E-state index in [1.807, 2.05) is 13.0 Å². The van der Waals surface area contributed by atoms with E-state index in [0.29, 0.717) is 6.04 Å². The zero-order valence-corrected chi connectivity index (χ0v) is 18.4. The Morgan fingerprint density at radius 3 is 2.63 bits per heavy atom. The fourth-order valence-corrected chi connectivity index (χ4v) is 4.44. The maximum atomic E-state index is 5.85. The third-order valence-electron chi connectivity index (χ3n) is 5.90. The predicted molar refractivity (Wildman–Crippen MR) is 128 cm³/mol. The van der Waals surface area contributed by atoms with E-state index < -0.39 is 0 Å². The van der Waals surface area contributed by atoms with Crippen molar-refractivity contribution in [2.75, 3.05) is 26.2 Å². The molecule has 5 heteroatoms. The third-order valence-corrected chi connectivity index (χ3v) is 5.90. The molecule has 0 atom stereocenters. The van der Waals surface area contributed by atoms with Crippen molar-refractivity contribution < 1.29 is 0 Å². The first-order valence-corrected chi connectivity index (χ1v) is 11.3. The molecule has 0 unspecified atom stereocenters. The van der Waals surface area contributed by atoms with E-state index in [0.717, 1.165) is 61.9 Å². The molecular weight excluding hydrogens is 370 g/mol. The second-order valence-electron chi connectivity index (χ2n) is 8.22. The number of unbranched alkanes of at least 4 members (excludes halogenated alkanes) is 1. The van der Waals surface area contributed by atoms with Crippen molar-refractivity contribution in [1.29, 1.82) is 0 Å². The number of nitrogens with one attached hydrogen (secondary N) is 1. The lowest BCUT2D eigenvalue weighted by Gasteiger charge is -2.29. The Morgan fingerprint density at radius 2 is 2.00 bits per heavy atom. The SMILES string of the molecule is C=CC1=C/C(=C/CC/C=C\C(=C/N)N2CCNCC2)C(=NC(=C)C)N1C1CCCC1. The Hall–Kier alpha value is -2.53. The molecule has 0 amide bonds. The second-order valence-corrected chi connectivity index (χ2v) is 8.22. The third kappa shape index (κ3) is 5.54. The molecule has 0 radical (unpaired) electrons. The molecule has 0 bridgehead atoms. The molecule has 3 aliphatic rings. The molecular formula is C25H37N5. The number of rotatable bonds is 8. The van der Waals surface area contributed by atoms with Crippen LogP contribution in [-0.2, 0) is 0 Å². The molecule has 30 heavy (non-hydrogen) atoms. The highest BCUT2D eigenvalue weighted by atomic mass is 15.2. The Balaban J connectivity index is 1.66. The van der Waals surface area contributed by atoms with Gasteiger partial charge in [-0.2, -0.15) is 0 Å². The van der Waals surface area contributed by atoms with Gasteiger partial charge in [-0.05, 0) is 50.8 Å². The summed E-state index contributed by atoms with van der Waals surface area (Å²) in [6.45, 7) is 14.1. The lowest BCUT2D eigenvalue weighted by Crippen LogP contribution is -2.42. The average molecular weight is 408 g/mol. The van der Waals surface area contributed by atoms with Crippen molar-refractivity contribution in [3.8, 4) is 0 Å². The zero-order valence-electron chi connectivity index (χ0n) is 18.4. The summed E-state index contributed by atoms with van der Waals surface area (Å²) in [6, 6.07) is 0.523. The zero-order chi connectivity index (χ0) is 21.3. The lowest BCUT2D eigenvalue weighted by atomic mass is 10.1. The first kappa shape index (κ1) is 22.2. The van der Waals surface area contributed by atoms with Crippen molar-refractivity contribution in [3.63, 3.8) is 0 Å². The highest BCUT2D eigenvalue weighted by Gasteiger charge is 2.32. The summed E-state index contributed by atoms with van der Waals surface area (Å²) in [5.74, 6) is 1.04. The molecule has 2 fully saturated rings. The van der Waals surface area contributed by atoms with Gasteiger partial charge in [0.1, 0.15) is 5.84 Å². The molecule has 3 N–H and O–H groups in total. The molecule has 1 aliphatic carbocycles. The number of nitrogens with zero attached hydrogens (tertiary/aromatic N) is 3. The summed E-state index contributed by atoms with van der Waals surface area (Å²) >= 11 is 0. The van der Waals surface area contributed by atoms with Gasteiger partial charge in [-0.3, -0.25) is 0 Å². The van der Waals surface area contributed by atoms with Crippen molar-refractivity contribution in [2.24, 2.45) is 10.7 Å². The smallest absolute Gasteiger partial charge is 0.140 e. The molecule has 2 heterocycles. The van der Waals surface area contributed by atoms with Gasteiger partial charge in [0.15, 0.2) is 0 Å². The molecule has 0 spiro atoms. The Kier molecular flexibility index (Phi) is 8.14. The lowest BCUT2D eigenvalue weighted by molar-refractivity contribution is 0.306. The molecule has 0 aromatic rings. The first-order valence-electron chi connectivity index (χ1n) is 11.3. The average Bonchev–Trinajstić information content (AvgIpc) is 3.39. The second kappa shape index (κ2) is 11.0. The highest BCUT2D eigenvalue weighted by Crippen LogP contribution is 2.34. The van der Waals surface area contributed by atoms with Gasteiger partial charge in [0.25, 0.3) is 0 Å². The highest BCUT2D eigenvalue weighted by molar-refractivity contribution is 6.05. The van der Waals surface area contributed by atoms with Crippen LogP contribution in [0.4, 0.5) is 0 Å². The number of hydrogen-bond donors (Lipinski definition) is 2. The van der Waals surface area contributed by atoms with E-state index in [-0.39, 0.29) is 0 Å². The van der Waals surface area contributed by atoms with Crippen LogP contribution < -0.4 is 11.1 Å². The Morgan fingerprint density at radius 1 is 1.27 bits per heavy atom. The van der Waals surface area contributed by atoms with Crippen LogP contribution in [0.1, 0.15) is 45.4 Å². The van der Waals surface area contributed by atoms with E-state index in [1.165, 1.54) is 31.3 Å². The molecule has 1 saturated heterocycles. The number of hydrogen-bond acceptors (Lipinski definition) is 4. The van der Waals surface area contributed by atoms with Crippen LogP contribution in [-0.4, -0.2) is 47.9 Å². The first-order chi connectivity index (χ1) is 14.6. The van der Waals surface area contributed by atoms with Crippen molar-refractivity contribution in [3.05, 3.63) is 72.4 Å². The molecule has 2 aliphatic heterocycles. The summed E-state index contributed by atoms with van der Waals surface area (Å²) < 4.78 is 0. The normalized spacial score (nSPS) is 23.8. The van der Waals surface area contributed by atoms with Crippen molar-refractivity contribution in [1.82, 2.24) is 15.1 Å².